The Morgan fingerprint density at radius 3 is 2.38 bits per heavy atom. The topological polar surface area (TPSA) is 12.0 Å². The smallest absolute Gasteiger partial charge is 0.307 e. The summed E-state index contributed by atoms with van der Waals surface area (Å²) in [6.45, 7) is -0.924. The Balaban J connectivity index is 3.58. The van der Waals surface area contributed by atoms with Gasteiger partial charge < -0.3 is 5.32 Å². The standard InChI is InChI=1S/C7H10ClF4N/c8-3-1-2-4-13-5-7(11,12)6(9)10/h1-2,6,13H,3-5H2/b2-1+. The zero-order valence-electron chi connectivity index (χ0n) is 6.74. The Labute approximate surface area is 78.8 Å². The molecule has 0 saturated carbocycles. The molecule has 0 aromatic heterocycles. The summed E-state index contributed by atoms with van der Waals surface area (Å²) >= 11 is 5.24. The monoisotopic (exact) mass is 219 g/mol. The number of hydrogen-bond donors (Lipinski definition) is 1. The number of halogens is 5. The van der Waals surface area contributed by atoms with Gasteiger partial charge in [-0.1, -0.05) is 12.2 Å². The number of alkyl halides is 5. The summed E-state index contributed by atoms with van der Waals surface area (Å²) in [5.74, 6) is -3.69. The largest absolute Gasteiger partial charge is 0.319 e. The van der Waals surface area contributed by atoms with E-state index in [9.17, 15) is 17.6 Å². The van der Waals surface area contributed by atoms with E-state index in [0.717, 1.165) is 0 Å². The van der Waals surface area contributed by atoms with E-state index in [0.29, 0.717) is 0 Å². The van der Waals surface area contributed by atoms with Crippen LogP contribution in [-0.4, -0.2) is 31.3 Å². The maximum Gasteiger partial charge on any atom is 0.319 e. The molecule has 0 fully saturated rings. The van der Waals surface area contributed by atoms with Crippen molar-refractivity contribution in [3.05, 3.63) is 12.2 Å². The average molecular weight is 220 g/mol. The molecule has 0 radical (unpaired) electrons. The lowest BCUT2D eigenvalue weighted by molar-refractivity contribution is -0.124. The summed E-state index contributed by atoms with van der Waals surface area (Å²) in [5.41, 5.74) is 0. The molecule has 0 spiro atoms. The molecule has 0 aromatic carbocycles. The molecule has 0 saturated heterocycles. The third-order valence-electron chi connectivity index (χ3n) is 1.20. The van der Waals surface area contributed by atoms with Gasteiger partial charge in [-0.15, -0.1) is 11.6 Å². The summed E-state index contributed by atoms with van der Waals surface area (Å²) in [6.07, 6.45) is -0.596. The first kappa shape index (κ1) is 12.7. The predicted molar refractivity (Wildman–Crippen MR) is 43.7 cm³/mol. The fourth-order valence-corrected chi connectivity index (χ4v) is 0.672. The van der Waals surface area contributed by atoms with Crippen LogP contribution in [0.5, 0.6) is 0 Å². The van der Waals surface area contributed by atoms with Crippen LogP contribution in [0, 0.1) is 0 Å². The molecule has 0 unspecified atom stereocenters. The number of rotatable bonds is 6. The van der Waals surface area contributed by atoms with Gasteiger partial charge in [-0.25, -0.2) is 8.78 Å². The molecule has 0 rings (SSSR count). The van der Waals surface area contributed by atoms with Crippen LogP contribution in [-0.2, 0) is 0 Å². The van der Waals surface area contributed by atoms with Crippen LogP contribution in [0.15, 0.2) is 12.2 Å². The summed E-state index contributed by atoms with van der Waals surface area (Å²) in [7, 11) is 0. The second-order valence-corrected chi connectivity index (χ2v) is 2.63. The van der Waals surface area contributed by atoms with Crippen molar-refractivity contribution >= 4 is 11.6 Å². The van der Waals surface area contributed by atoms with E-state index in [-0.39, 0.29) is 12.4 Å². The van der Waals surface area contributed by atoms with Crippen LogP contribution in [0.3, 0.4) is 0 Å². The molecular weight excluding hydrogens is 210 g/mol. The predicted octanol–water partition coefficient (Wildman–Crippen LogP) is 2.27. The second kappa shape index (κ2) is 6.21. The van der Waals surface area contributed by atoms with Crippen LogP contribution >= 0.6 is 11.6 Å². The molecular formula is C7H10ClF4N. The zero-order chi connectivity index (χ0) is 10.3. The highest BCUT2D eigenvalue weighted by atomic mass is 35.5. The van der Waals surface area contributed by atoms with Crippen molar-refractivity contribution in [1.29, 1.82) is 0 Å². The molecule has 13 heavy (non-hydrogen) atoms. The molecule has 0 bridgehead atoms. The van der Waals surface area contributed by atoms with E-state index in [2.05, 4.69) is 5.32 Å². The van der Waals surface area contributed by atoms with E-state index in [1.165, 1.54) is 12.2 Å². The first-order valence-corrected chi connectivity index (χ1v) is 4.12. The number of hydrogen-bond acceptors (Lipinski definition) is 1. The molecule has 0 heterocycles. The molecule has 0 amide bonds. The fraction of sp³-hybridized carbons (Fsp3) is 0.714. The number of allylic oxidation sites excluding steroid dienone is 1. The first-order valence-electron chi connectivity index (χ1n) is 3.58. The van der Waals surface area contributed by atoms with Gasteiger partial charge in [-0.2, -0.15) is 8.78 Å². The molecule has 6 heteroatoms. The van der Waals surface area contributed by atoms with E-state index in [1.807, 2.05) is 0 Å². The molecule has 1 nitrogen and oxygen atoms in total. The third kappa shape index (κ3) is 5.87. The summed E-state index contributed by atoms with van der Waals surface area (Å²) < 4.78 is 47.5. The Morgan fingerprint density at radius 2 is 1.92 bits per heavy atom. The first-order chi connectivity index (χ1) is 6.00. The summed E-state index contributed by atoms with van der Waals surface area (Å²) in [5, 5.41) is 2.17. The Bertz CT molecular complexity index is 161. The second-order valence-electron chi connectivity index (χ2n) is 2.32. The maximum absolute atomic E-state index is 12.2. The minimum absolute atomic E-state index is 0.106. The number of nitrogens with one attached hydrogen (secondary N) is 1. The van der Waals surface area contributed by atoms with Gasteiger partial charge in [0.05, 0.1) is 6.54 Å². The van der Waals surface area contributed by atoms with Gasteiger partial charge in [-0.3, -0.25) is 0 Å². The van der Waals surface area contributed by atoms with Gasteiger partial charge >= 0.3 is 12.3 Å². The van der Waals surface area contributed by atoms with E-state index >= 15 is 0 Å². The third-order valence-corrected chi connectivity index (χ3v) is 1.38. The highest BCUT2D eigenvalue weighted by Gasteiger charge is 2.39. The van der Waals surface area contributed by atoms with Crippen molar-refractivity contribution in [2.45, 2.75) is 12.3 Å². The lowest BCUT2D eigenvalue weighted by Crippen LogP contribution is -2.38. The van der Waals surface area contributed by atoms with Gasteiger partial charge in [0.15, 0.2) is 0 Å². The maximum atomic E-state index is 12.2. The minimum atomic E-state index is -3.96. The highest BCUT2D eigenvalue weighted by Crippen LogP contribution is 2.21. The van der Waals surface area contributed by atoms with Crippen LogP contribution in [0.25, 0.3) is 0 Å². The summed E-state index contributed by atoms with van der Waals surface area (Å²) in [4.78, 5) is 0. The normalized spacial score (nSPS) is 13.1. The van der Waals surface area contributed by atoms with Crippen LogP contribution in [0.2, 0.25) is 0 Å². The molecule has 78 valence electrons. The molecule has 1 N–H and O–H groups in total. The molecule has 0 atom stereocenters. The van der Waals surface area contributed by atoms with Crippen molar-refractivity contribution in [1.82, 2.24) is 5.32 Å². The van der Waals surface area contributed by atoms with Crippen molar-refractivity contribution in [3.63, 3.8) is 0 Å². The van der Waals surface area contributed by atoms with E-state index < -0.39 is 18.9 Å². The molecule has 0 aliphatic rings. The molecule has 0 aromatic rings. The van der Waals surface area contributed by atoms with Crippen LogP contribution in [0.4, 0.5) is 17.6 Å². The quantitative estimate of drug-likeness (QED) is 0.313. The molecule has 0 aliphatic carbocycles. The van der Waals surface area contributed by atoms with Crippen molar-refractivity contribution in [2.75, 3.05) is 19.0 Å². The van der Waals surface area contributed by atoms with Gasteiger partial charge in [0.1, 0.15) is 0 Å². The van der Waals surface area contributed by atoms with Gasteiger partial charge in [0.2, 0.25) is 0 Å². The van der Waals surface area contributed by atoms with E-state index in [1.54, 1.807) is 0 Å². The van der Waals surface area contributed by atoms with Crippen molar-refractivity contribution in [3.8, 4) is 0 Å². The van der Waals surface area contributed by atoms with Crippen molar-refractivity contribution < 1.29 is 17.6 Å². The SMILES string of the molecule is FC(F)C(F)(F)CNC/C=C/CCl. The Kier molecular flexibility index (Phi) is 6.07. The lowest BCUT2D eigenvalue weighted by Gasteiger charge is -2.14. The Morgan fingerprint density at radius 1 is 1.31 bits per heavy atom. The lowest BCUT2D eigenvalue weighted by atomic mass is 10.3. The zero-order valence-corrected chi connectivity index (χ0v) is 7.50. The van der Waals surface area contributed by atoms with Gasteiger partial charge in [-0.05, 0) is 0 Å². The van der Waals surface area contributed by atoms with Crippen molar-refractivity contribution in [2.24, 2.45) is 0 Å². The summed E-state index contributed by atoms with van der Waals surface area (Å²) in [6, 6.07) is 0. The van der Waals surface area contributed by atoms with Crippen LogP contribution < -0.4 is 5.32 Å². The van der Waals surface area contributed by atoms with Gasteiger partial charge in [0.25, 0.3) is 0 Å². The Hall–Kier alpha value is -0.290. The van der Waals surface area contributed by atoms with Gasteiger partial charge in [0, 0.05) is 12.4 Å². The fourth-order valence-electron chi connectivity index (χ4n) is 0.546. The average Bonchev–Trinajstić information content (AvgIpc) is 2.03. The van der Waals surface area contributed by atoms with E-state index in [4.69, 9.17) is 11.6 Å². The van der Waals surface area contributed by atoms with Crippen LogP contribution in [0.1, 0.15) is 0 Å². The highest BCUT2D eigenvalue weighted by molar-refractivity contribution is 6.18. The molecule has 0 aliphatic heterocycles. The minimum Gasteiger partial charge on any atom is -0.307 e.